The molecule has 0 saturated carbocycles. The normalized spacial score (nSPS) is 17.5. The van der Waals surface area contributed by atoms with Gasteiger partial charge in [0.15, 0.2) is 0 Å². The first-order chi connectivity index (χ1) is 14.9. The van der Waals surface area contributed by atoms with E-state index in [0.717, 1.165) is 22.4 Å². The predicted molar refractivity (Wildman–Crippen MR) is 124 cm³/mol. The third-order valence-corrected chi connectivity index (χ3v) is 7.72. The highest BCUT2D eigenvalue weighted by molar-refractivity contribution is 7.92. The Balaban J connectivity index is 1.62. The van der Waals surface area contributed by atoms with Gasteiger partial charge in [0.25, 0.3) is 0 Å². The van der Waals surface area contributed by atoms with E-state index in [1.54, 1.807) is 6.08 Å². The number of hydrogen-bond donors (Lipinski definition) is 1. The number of rotatable bonds is 7. The lowest BCUT2D eigenvalue weighted by Crippen LogP contribution is -2.24. The van der Waals surface area contributed by atoms with Crippen molar-refractivity contribution in [2.24, 2.45) is 0 Å². The number of fused-ring (bicyclic) bond motifs is 1. The van der Waals surface area contributed by atoms with Gasteiger partial charge in [-0.3, -0.25) is 8.89 Å². The number of aryl methyl sites for hydroxylation is 1. The summed E-state index contributed by atoms with van der Waals surface area (Å²) in [4.78, 5) is 0. The van der Waals surface area contributed by atoms with E-state index in [-0.39, 0.29) is 6.04 Å². The highest BCUT2D eigenvalue weighted by atomic mass is 32.2. The Morgan fingerprint density at radius 2 is 1.81 bits per heavy atom. The van der Waals surface area contributed by atoms with Crippen molar-refractivity contribution >= 4 is 26.9 Å². The Bertz CT molecular complexity index is 1200. The lowest BCUT2D eigenvalue weighted by Gasteiger charge is -2.13. The van der Waals surface area contributed by atoms with Crippen LogP contribution in [0, 0.1) is 0 Å². The van der Waals surface area contributed by atoms with Gasteiger partial charge in [-0.05, 0) is 24.1 Å². The predicted octanol–water partition coefficient (Wildman–Crippen LogP) is 3.39. The third-order valence-electron chi connectivity index (χ3n) is 5.27. The highest BCUT2D eigenvalue weighted by Gasteiger charge is 2.23. The van der Waals surface area contributed by atoms with Crippen molar-refractivity contribution < 1.29 is 12.6 Å². The van der Waals surface area contributed by atoms with E-state index in [0.29, 0.717) is 30.2 Å². The fourth-order valence-corrected chi connectivity index (χ4v) is 5.90. The summed E-state index contributed by atoms with van der Waals surface area (Å²) in [6, 6.07) is 19.0. The van der Waals surface area contributed by atoms with Crippen LogP contribution in [0.4, 0.5) is 0 Å². The van der Waals surface area contributed by atoms with Crippen LogP contribution in [-0.4, -0.2) is 28.2 Å². The average Bonchev–Trinajstić information content (AvgIpc) is 3.09. The summed E-state index contributed by atoms with van der Waals surface area (Å²) in [5, 5.41) is 5.89. The number of hydrogen-bond acceptors (Lipinski definition) is 4. The molecule has 4 rings (SSSR count). The molecule has 1 N–H and O–H groups in total. The van der Waals surface area contributed by atoms with E-state index in [2.05, 4.69) is 4.72 Å². The SMILES string of the molecule is C[C@H](NS(=O)(=O)C=Cc1c2c(nn1Cc1ccccc1)CCS(=O)C2)c1ccccc1. The van der Waals surface area contributed by atoms with Crippen molar-refractivity contribution in [1.82, 2.24) is 14.5 Å². The first-order valence-electron chi connectivity index (χ1n) is 10.1. The van der Waals surface area contributed by atoms with Crippen LogP contribution in [-0.2, 0) is 39.5 Å². The molecular formula is C23H25N3O3S2. The van der Waals surface area contributed by atoms with Gasteiger partial charge in [0.1, 0.15) is 0 Å². The van der Waals surface area contributed by atoms with Gasteiger partial charge in [-0.15, -0.1) is 0 Å². The van der Waals surface area contributed by atoms with Crippen molar-refractivity contribution in [2.45, 2.75) is 31.7 Å². The molecule has 2 aromatic carbocycles. The second-order valence-electron chi connectivity index (χ2n) is 7.59. The fraction of sp³-hybridized carbons (Fsp3) is 0.261. The molecule has 0 saturated heterocycles. The van der Waals surface area contributed by atoms with Gasteiger partial charge in [0, 0.05) is 40.0 Å². The maximum Gasteiger partial charge on any atom is 0.234 e. The molecule has 8 heteroatoms. The van der Waals surface area contributed by atoms with Gasteiger partial charge < -0.3 is 0 Å². The van der Waals surface area contributed by atoms with Crippen LogP contribution in [0.25, 0.3) is 6.08 Å². The Morgan fingerprint density at radius 1 is 1.13 bits per heavy atom. The molecule has 0 radical (unpaired) electrons. The van der Waals surface area contributed by atoms with Crippen LogP contribution in [0.2, 0.25) is 0 Å². The largest absolute Gasteiger partial charge is 0.260 e. The van der Waals surface area contributed by atoms with Gasteiger partial charge in [0.05, 0.1) is 23.7 Å². The molecule has 0 bridgehead atoms. The zero-order valence-electron chi connectivity index (χ0n) is 17.3. The molecule has 162 valence electrons. The number of nitrogens with one attached hydrogen (secondary N) is 1. The zero-order chi connectivity index (χ0) is 21.8. The maximum atomic E-state index is 12.7. The second-order valence-corrected chi connectivity index (χ2v) is 10.8. The second kappa shape index (κ2) is 9.30. The van der Waals surface area contributed by atoms with Gasteiger partial charge in [-0.2, -0.15) is 5.10 Å². The fourth-order valence-electron chi connectivity index (χ4n) is 3.68. The molecule has 0 amide bonds. The molecule has 1 unspecified atom stereocenters. The summed E-state index contributed by atoms with van der Waals surface area (Å²) in [6.07, 6.45) is 2.22. The van der Waals surface area contributed by atoms with Crippen LogP contribution in [0.1, 0.15) is 41.0 Å². The standard InChI is InChI=1S/C23H25N3O3S2/c1-18(20-10-6-3-7-11-20)25-31(28,29)15-13-23-21-17-30(27)14-12-22(21)24-26(23)16-19-8-4-2-5-9-19/h2-11,13,15,18,25H,12,14,16-17H2,1H3/t18-,30?/m0/s1. The van der Waals surface area contributed by atoms with Crippen molar-refractivity contribution in [3.63, 3.8) is 0 Å². The molecule has 1 aliphatic heterocycles. The Morgan fingerprint density at radius 3 is 2.52 bits per heavy atom. The summed E-state index contributed by atoms with van der Waals surface area (Å²) in [5.74, 6) is 0.991. The van der Waals surface area contributed by atoms with Crippen molar-refractivity contribution in [2.75, 3.05) is 5.75 Å². The molecule has 6 nitrogen and oxygen atoms in total. The smallest absolute Gasteiger partial charge is 0.234 e. The van der Waals surface area contributed by atoms with Gasteiger partial charge in [-0.1, -0.05) is 60.7 Å². The zero-order valence-corrected chi connectivity index (χ0v) is 18.9. The van der Waals surface area contributed by atoms with Crippen LogP contribution in [0.3, 0.4) is 0 Å². The summed E-state index contributed by atoms with van der Waals surface area (Å²) in [7, 11) is -4.64. The Labute approximate surface area is 185 Å². The Kier molecular flexibility index (Phi) is 6.50. The van der Waals surface area contributed by atoms with E-state index in [4.69, 9.17) is 5.10 Å². The van der Waals surface area contributed by atoms with Crippen molar-refractivity contribution in [1.29, 1.82) is 0 Å². The molecular weight excluding hydrogens is 430 g/mol. The van der Waals surface area contributed by atoms with E-state index in [1.165, 1.54) is 5.41 Å². The lowest BCUT2D eigenvalue weighted by molar-refractivity contribution is 0.576. The third kappa shape index (κ3) is 5.39. The summed E-state index contributed by atoms with van der Waals surface area (Å²) in [6.45, 7) is 2.33. The minimum Gasteiger partial charge on any atom is -0.260 e. The monoisotopic (exact) mass is 455 g/mol. The van der Waals surface area contributed by atoms with Gasteiger partial charge in [-0.25, -0.2) is 13.1 Å². The summed E-state index contributed by atoms with van der Waals surface area (Å²) in [5.41, 5.74) is 4.43. The Hall–Kier alpha value is -2.55. The van der Waals surface area contributed by atoms with E-state index >= 15 is 0 Å². The quantitative estimate of drug-likeness (QED) is 0.592. The molecule has 2 heterocycles. The first-order valence-corrected chi connectivity index (χ1v) is 13.2. The minimum atomic E-state index is -3.68. The molecule has 31 heavy (non-hydrogen) atoms. The molecule has 1 aliphatic rings. The highest BCUT2D eigenvalue weighted by Crippen LogP contribution is 2.24. The first kappa shape index (κ1) is 21.7. The number of nitrogens with zero attached hydrogens (tertiary/aromatic N) is 2. The number of sulfonamides is 1. The number of benzene rings is 2. The number of aromatic nitrogens is 2. The maximum absolute atomic E-state index is 12.7. The van der Waals surface area contributed by atoms with E-state index in [1.807, 2.05) is 72.3 Å². The van der Waals surface area contributed by atoms with Crippen LogP contribution >= 0.6 is 0 Å². The topological polar surface area (TPSA) is 81.1 Å². The van der Waals surface area contributed by atoms with Crippen molar-refractivity contribution in [3.8, 4) is 0 Å². The molecule has 0 fully saturated rings. The van der Waals surface area contributed by atoms with Crippen LogP contribution in [0.5, 0.6) is 0 Å². The van der Waals surface area contributed by atoms with Gasteiger partial charge >= 0.3 is 0 Å². The molecule has 1 aromatic heterocycles. The summed E-state index contributed by atoms with van der Waals surface area (Å²) < 4.78 is 42.1. The molecule has 2 atom stereocenters. The lowest BCUT2D eigenvalue weighted by atomic mass is 10.1. The van der Waals surface area contributed by atoms with Crippen molar-refractivity contribution in [3.05, 3.63) is 94.1 Å². The van der Waals surface area contributed by atoms with Crippen LogP contribution < -0.4 is 4.72 Å². The summed E-state index contributed by atoms with van der Waals surface area (Å²) >= 11 is 0. The van der Waals surface area contributed by atoms with Crippen LogP contribution in [0.15, 0.2) is 66.1 Å². The van der Waals surface area contributed by atoms with E-state index < -0.39 is 20.8 Å². The molecule has 0 aliphatic carbocycles. The van der Waals surface area contributed by atoms with Gasteiger partial charge in [0.2, 0.25) is 10.0 Å². The van der Waals surface area contributed by atoms with E-state index in [9.17, 15) is 12.6 Å². The minimum absolute atomic E-state index is 0.355. The molecule has 0 spiro atoms. The average molecular weight is 456 g/mol. The molecule has 3 aromatic rings.